The molecular formula is C16H15BrN2OS. The van der Waals surface area contributed by atoms with Crippen LogP contribution >= 0.6 is 27.3 Å². The van der Waals surface area contributed by atoms with Crippen LogP contribution in [0.4, 0.5) is 5.69 Å². The van der Waals surface area contributed by atoms with Gasteiger partial charge in [0.1, 0.15) is 5.75 Å². The number of benzene rings is 1. The molecule has 0 bridgehead atoms. The molecule has 0 aliphatic heterocycles. The molecule has 2 aromatic heterocycles. The fraction of sp³-hybridized carbons (Fsp3) is 0.188. The van der Waals surface area contributed by atoms with Crippen LogP contribution in [0.1, 0.15) is 18.5 Å². The lowest BCUT2D eigenvalue weighted by atomic mass is 10.1. The fourth-order valence-electron chi connectivity index (χ4n) is 2.20. The summed E-state index contributed by atoms with van der Waals surface area (Å²) in [5, 5.41) is 5.55. The van der Waals surface area contributed by atoms with E-state index in [9.17, 15) is 0 Å². The summed E-state index contributed by atoms with van der Waals surface area (Å²) in [6.45, 7) is 2.13. The van der Waals surface area contributed by atoms with Crippen LogP contribution in [0.2, 0.25) is 0 Å². The quantitative estimate of drug-likeness (QED) is 0.688. The highest BCUT2D eigenvalue weighted by atomic mass is 79.9. The van der Waals surface area contributed by atoms with Crippen LogP contribution in [0.15, 0.2) is 46.4 Å². The molecule has 0 radical (unpaired) electrons. The number of nitrogens with one attached hydrogen (secondary N) is 1. The molecule has 5 heteroatoms. The topological polar surface area (TPSA) is 34.1 Å². The number of fused-ring (bicyclic) bond motifs is 1. The Labute approximate surface area is 136 Å². The van der Waals surface area contributed by atoms with E-state index in [1.807, 2.05) is 30.5 Å². The first-order valence-corrected chi connectivity index (χ1v) is 8.27. The van der Waals surface area contributed by atoms with E-state index in [0.29, 0.717) is 0 Å². The lowest BCUT2D eigenvalue weighted by molar-refractivity contribution is 0.414. The summed E-state index contributed by atoms with van der Waals surface area (Å²) in [6.07, 6.45) is 1.93. The number of hydrogen-bond acceptors (Lipinski definition) is 4. The van der Waals surface area contributed by atoms with E-state index in [-0.39, 0.29) is 6.04 Å². The minimum absolute atomic E-state index is 0.169. The molecule has 3 nitrogen and oxygen atoms in total. The van der Waals surface area contributed by atoms with Gasteiger partial charge in [0.25, 0.3) is 0 Å². The third-order valence-electron chi connectivity index (χ3n) is 3.31. The molecule has 0 saturated heterocycles. The van der Waals surface area contributed by atoms with Crippen LogP contribution in [-0.4, -0.2) is 12.1 Å². The van der Waals surface area contributed by atoms with Crippen LogP contribution < -0.4 is 10.1 Å². The van der Waals surface area contributed by atoms with Crippen LogP contribution in [0.25, 0.3) is 10.2 Å². The number of methoxy groups -OCH3 is 1. The molecule has 0 fully saturated rings. The van der Waals surface area contributed by atoms with Crippen molar-refractivity contribution >= 4 is 43.2 Å². The summed E-state index contributed by atoms with van der Waals surface area (Å²) in [5.41, 5.74) is 3.24. The van der Waals surface area contributed by atoms with Crippen LogP contribution in [0.5, 0.6) is 5.75 Å². The number of aromatic nitrogens is 1. The maximum Gasteiger partial charge on any atom is 0.122 e. The van der Waals surface area contributed by atoms with E-state index in [1.54, 1.807) is 18.4 Å². The van der Waals surface area contributed by atoms with Gasteiger partial charge in [0.05, 0.1) is 23.4 Å². The number of pyridine rings is 1. The monoisotopic (exact) mass is 362 g/mol. The standard InChI is InChI=1S/C16H15BrN2OS/c1-10(11-5-16-15(18-9-11)3-4-21-16)19-13-6-12(17)7-14(8-13)20-2/h3-10,19H,1-2H3. The third-order valence-corrected chi connectivity index (χ3v) is 4.62. The minimum atomic E-state index is 0.169. The molecule has 1 unspecified atom stereocenters. The molecule has 0 spiro atoms. The Kier molecular flexibility index (Phi) is 4.12. The summed E-state index contributed by atoms with van der Waals surface area (Å²) in [4.78, 5) is 4.49. The van der Waals surface area contributed by atoms with Gasteiger partial charge in [-0.05, 0) is 42.1 Å². The highest BCUT2D eigenvalue weighted by molar-refractivity contribution is 9.10. The molecule has 3 rings (SSSR count). The number of ether oxygens (including phenoxy) is 1. The average Bonchev–Trinajstić information content (AvgIpc) is 2.93. The molecule has 108 valence electrons. The van der Waals surface area contributed by atoms with E-state index in [4.69, 9.17) is 4.74 Å². The number of thiophene rings is 1. The van der Waals surface area contributed by atoms with Gasteiger partial charge in [-0.3, -0.25) is 4.98 Å². The first-order chi connectivity index (χ1) is 10.2. The molecule has 1 N–H and O–H groups in total. The smallest absolute Gasteiger partial charge is 0.122 e. The molecule has 1 atom stereocenters. The number of halogens is 1. The zero-order valence-corrected chi connectivity index (χ0v) is 14.2. The van der Waals surface area contributed by atoms with Crippen molar-refractivity contribution in [2.24, 2.45) is 0 Å². The molecule has 2 heterocycles. The Morgan fingerprint density at radius 1 is 1.29 bits per heavy atom. The number of anilines is 1. The summed E-state index contributed by atoms with van der Waals surface area (Å²) in [7, 11) is 1.67. The minimum Gasteiger partial charge on any atom is -0.497 e. The number of rotatable bonds is 4. The maximum absolute atomic E-state index is 5.29. The first-order valence-electron chi connectivity index (χ1n) is 6.60. The average molecular weight is 363 g/mol. The van der Waals surface area contributed by atoms with E-state index in [2.05, 4.69) is 44.6 Å². The van der Waals surface area contributed by atoms with Crippen molar-refractivity contribution in [1.29, 1.82) is 0 Å². The Morgan fingerprint density at radius 3 is 2.95 bits per heavy atom. The van der Waals surface area contributed by atoms with Crippen molar-refractivity contribution in [3.63, 3.8) is 0 Å². The summed E-state index contributed by atoms with van der Waals surface area (Å²) < 4.78 is 7.49. The molecule has 3 aromatic rings. The van der Waals surface area contributed by atoms with E-state index in [1.165, 1.54) is 10.3 Å². The van der Waals surface area contributed by atoms with Gasteiger partial charge in [0.2, 0.25) is 0 Å². The van der Waals surface area contributed by atoms with Gasteiger partial charge in [0.15, 0.2) is 0 Å². The molecule has 0 aliphatic carbocycles. The maximum atomic E-state index is 5.29. The summed E-state index contributed by atoms with van der Waals surface area (Å²) in [5.74, 6) is 0.825. The Balaban J connectivity index is 1.84. The van der Waals surface area contributed by atoms with Crippen molar-refractivity contribution in [3.8, 4) is 5.75 Å². The molecule has 21 heavy (non-hydrogen) atoms. The van der Waals surface area contributed by atoms with E-state index in [0.717, 1.165) is 21.4 Å². The fourth-order valence-corrected chi connectivity index (χ4v) is 3.46. The summed E-state index contributed by atoms with van der Waals surface area (Å²) in [6, 6.07) is 10.4. The Morgan fingerprint density at radius 2 is 2.14 bits per heavy atom. The van der Waals surface area contributed by atoms with Crippen molar-refractivity contribution in [2.45, 2.75) is 13.0 Å². The number of nitrogens with zero attached hydrogens (tertiary/aromatic N) is 1. The second-order valence-corrected chi connectivity index (χ2v) is 6.68. The first kappa shape index (κ1) is 14.4. The normalized spacial score (nSPS) is 12.3. The lowest BCUT2D eigenvalue weighted by Gasteiger charge is -2.16. The Bertz CT molecular complexity index is 772. The van der Waals surface area contributed by atoms with Gasteiger partial charge in [-0.25, -0.2) is 0 Å². The zero-order chi connectivity index (χ0) is 14.8. The van der Waals surface area contributed by atoms with Crippen molar-refractivity contribution < 1.29 is 4.74 Å². The second kappa shape index (κ2) is 6.03. The Hall–Kier alpha value is -1.59. The van der Waals surface area contributed by atoms with E-state index < -0.39 is 0 Å². The van der Waals surface area contributed by atoms with Gasteiger partial charge in [-0.15, -0.1) is 11.3 Å². The van der Waals surface area contributed by atoms with E-state index >= 15 is 0 Å². The van der Waals surface area contributed by atoms with Gasteiger partial charge in [-0.1, -0.05) is 15.9 Å². The van der Waals surface area contributed by atoms with Gasteiger partial charge in [0, 0.05) is 22.4 Å². The molecule has 0 amide bonds. The van der Waals surface area contributed by atoms with Gasteiger partial charge >= 0.3 is 0 Å². The van der Waals surface area contributed by atoms with Gasteiger partial charge < -0.3 is 10.1 Å². The largest absolute Gasteiger partial charge is 0.497 e. The predicted molar refractivity (Wildman–Crippen MR) is 92.4 cm³/mol. The second-order valence-electron chi connectivity index (χ2n) is 4.82. The highest BCUT2D eigenvalue weighted by Crippen LogP contribution is 2.28. The van der Waals surface area contributed by atoms with Crippen molar-refractivity contribution in [1.82, 2.24) is 4.98 Å². The molecule has 0 aliphatic rings. The number of hydrogen-bond donors (Lipinski definition) is 1. The highest BCUT2D eigenvalue weighted by Gasteiger charge is 2.09. The van der Waals surface area contributed by atoms with Crippen molar-refractivity contribution in [3.05, 3.63) is 51.9 Å². The van der Waals surface area contributed by atoms with Gasteiger partial charge in [-0.2, -0.15) is 0 Å². The summed E-state index contributed by atoms with van der Waals surface area (Å²) >= 11 is 5.21. The van der Waals surface area contributed by atoms with Crippen LogP contribution in [0.3, 0.4) is 0 Å². The van der Waals surface area contributed by atoms with Crippen LogP contribution in [0, 0.1) is 0 Å². The SMILES string of the molecule is COc1cc(Br)cc(NC(C)c2cnc3ccsc3c2)c1. The lowest BCUT2D eigenvalue weighted by Crippen LogP contribution is -2.07. The van der Waals surface area contributed by atoms with Crippen LogP contribution in [-0.2, 0) is 0 Å². The zero-order valence-electron chi connectivity index (χ0n) is 11.8. The third kappa shape index (κ3) is 3.19. The predicted octanol–water partition coefficient (Wildman–Crippen LogP) is 5.24. The molecule has 0 saturated carbocycles. The molecular weight excluding hydrogens is 348 g/mol. The van der Waals surface area contributed by atoms with Crippen molar-refractivity contribution in [2.75, 3.05) is 12.4 Å². The molecule has 1 aromatic carbocycles.